The number of unbranched alkanes of at least 4 members (excludes halogenated alkanes) is 5. The molecule has 448 valence electrons. The Kier molecular flexibility index (Phi) is 22.7. The monoisotopic (exact) mass is 1130 g/mol. The first-order chi connectivity index (χ1) is 38.1. The number of hydrogen-bond donors (Lipinski definition) is 3. The molecule has 1 amide bonds. The van der Waals surface area contributed by atoms with Crippen LogP contribution in [0, 0.1) is 16.7 Å². The van der Waals surface area contributed by atoms with Gasteiger partial charge >= 0.3 is 36.1 Å². The van der Waals surface area contributed by atoms with E-state index in [9.17, 15) is 34.2 Å². The summed E-state index contributed by atoms with van der Waals surface area (Å²) in [6, 6.07) is 4.71. The van der Waals surface area contributed by atoms with Crippen molar-refractivity contribution in [3.05, 3.63) is 89.1 Å². The number of methoxy groups -OCH3 is 2. The molecule has 3 N–H and O–H groups in total. The second-order valence-electron chi connectivity index (χ2n) is 23.4. The van der Waals surface area contributed by atoms with Crippen molar-refractivity contribution < 1.29 is 86.4 Å². The molecule has 11 atom stereocenters. The van der Waals surface area contributed by atoms with Gasteiger partial charge in [0, 0.05) is 31.6 Å². The fourth-order valence-electron chi connectivity index (χ4n) is 11.7. The van der Waals surface area contributed by atoms with Gasteiger partial charge in [0.15, 0.2) is 17.5 Å². The van der Waals surface area contributed by atoms with E-state index in [0.717, 1.165) is 59.0 Å². The minimum atomic E-state index is -2.53. The molecule has 0 aromatic heterocycles. The van der Waals surface area contributed by atoms with Crippen molar-refractivity contribution in [2.75, 3.05) is 20.8 Å². The first-order valence-corrected chi connectivity index (χ1v) is 28.2. The lowest BCUT2D eigenvalue weighted by molar-refractivity contribution is -0.346. The van der Waals surface area contributed by atoms with Crippen LogP contribution in [0.3, 0.4) is 0 Å². The number of carbonyl (C=O) groups excluding carboxylic acids is 7. The summed E-state index contributed by atoms with van der Waals surface area (Å²) < 4.78 is 52.9. The number of para-hydroxylation sites is 1. The van der Waals surface area contributed by atoms with Crippen LogP contribution in [0.5, 0.6) is 5.75 Å². The summed E-state index contributed by atoms with van der Waals surface area (Å²) in [6.45, 7) is 17.2. The second kappa shape index (κ2) is 28.1. The number of carbonyl (C=O) groups is 7. The summed E-state index contributed by atoms with van der Waals surface area (Å²) in [6.07, 6.45) is 8.53. The molecule has 2 bridgehead atoms. The molecule has 1 unspecified atom stereocenters. The number of Topliss-reactive ketones (excluding diaryl/α,β-unsaturated/α-hetero) is 1. The van der Waals surface area contributed by atoms with E-state index in [2.05, 4.69) is 48.7 Å². The van der Waals surface area contributed by atoms with Crippen LogP contribution in [0.15, 0.2) is 83.5 Å². The van der Waals surface area contributed by atoms with Crippen LogP contribution < -0.4 is 10.1 Å². The second-order valence-corrected chi connectivity index (χ2v) is 23.4. The number of rotatable bonds is 24. The summed E-state index contributed by atoms with van der Waals surface area (Å²) in [5, 5.41) is 29.0. The van der Waals surface area contributed by atoms with Gasteiger partial charge in [0.2, 0.25) is 6.10 Å². The van der Waals surface area contributed by atoms with Gasteiger partial charge in [-0.2, -0.15) is 0 Å². The van der Waals surface area contributed by atoms with Crippen LogP contribution in [-0.2, 0) is 57.1 Å². The van der Waals surface area contributed by atoms with Gasteiger partial charge < -0.3 is 58.2 Å². The summed E-state index contributed by atoms with van der Waals surface area (Å²) >= 11 is 0. The van der Waals surface area contributed by atoms with Gasteiger partial charge in [-0.15, -0.1) is 0 Å². The van der Waals surface area contributed by atoms with Crippen molar-refractivity contribution in [3.63, 3.8) is 0 Å². The lowest BCUT2D eigenvalue weighted by Crippen LogP contribution is -2.82. The Hall–Kier alpha value is -6.31. The molecule has 1 aromatic rings. The lowest BCUT2D eigenvalue weighted by atomic mass is 9.44. The number of allylic oxidation sites excluding steroid dienone is 7. The van der Waals surface area contributed by atoms with Crippen LogP contribution in [-0.4, -0.2) is 132 Å². The van der Waals surface area contributed by atoms with Gasteiger partial charge in [-0.3, -0.25) is 14.4 Å². The summed E-state index contributed by atoms with van der Waals surface area (Å²) in [4.78, 5) is 100.0. The maximum absolute atomic E-state index is 15.9. The summed E-state index contributed by atoms with van der Waals surface area (Å²) in [5.41, 5.74) is -8.89. The van der Waals surface area contributed by atoms with Crippen molar-refractivity contribution in [1.82, 2.24) is 5.32 Å². The quantitative estimate of drug-likeness (QED) is 0.0377. The molecule has 2 saturated carbocycles. The average molecular weight is 1130 g/mol. The molecular weight excluding hydrogens is 1050 g/mol. The average Bonchev–Trinajstić information content (AvgIpc) is 3.58. The predicted molar refractivity (Wildman–Crippen MR) is 299 cm³/mol. The molecule has 4 aliphatic rings. The molecule has 3 aliphatic carbocycles. The summed E-state index contributed by atoms with van der Waals surface area (Å²) in [5.74, 6) is -6.42. The van der Waals surface area contributed by atoms with Gasteiger partial charge in [0.05, 0.1) is 44.3 Å². The molecule has 3 fully saturated rings. The molecular formula is C62H87NO18. The molecule has 1 heterocycles. The van der Waals surface area contributed by atoms with Gasteiger partial charge in [-0.25, -0.2) is 19.2 Å². The topological polar surface area (TPSA) is 255 Å². The highest BCUT2D eigenvalue weighted by atomic mass is 16.7. The molecule has 1 aromatic carbocycles. The van der Waals surface area contributed by atoms with Crippen LogP contribution in [0.4, 0.5) is 9.59 Å². The lowest BCUT2D eigenvalue weighted by Gasteiger charge is -2.67. The fourth-order valence-corrected chi connectivity index (χ4v) is 11.7. The van der Waals surface area contributed by atoms with Gasteiger partial charge in [0.1, 0.15) is 40.8 Å². The van der Waals surface area contributed by atoms with E-state index in [1.54, 1.807) is 46.8 Å². The van der Waals surface area contributed by atoms with E-state index in [4.69, 9.17) is 42.6 Å². The Morgan fingerprint density at radius 3 is 2.11 bits per heavy atom. The molecule has 0 radical (unpaired) electrons. The Bertz CT molecular complexity index is 2590. The standard InChI is InChI=1S/C62H87NO18/c1-14-15-16-17-18-19-20-21-22-23-24-25-26-27-28-33-47(66)77-49(42(34-38(2)3)63-56(70)81-58(6,7)8)55(69)76-44-36-62(72)53(79-54(68)41-31-29-30-32-43(41)73-12)51-60(11,45(65)35-46-61(51,37-75-46)80-40(5)64)52(67)50(78-57(71)74-13)48(39(44)4)59(62,9)10/h16-17,19-20,22-23,29-32,34,42,44-46,49-51,53,65,72H,14-15,18,21,24-28,33,35-37H2,1-13H3,(H,63,70)/b17-16-,20-19-,23-22-/t42-,44-,45-,46+,49+,50+,51?,53-,60+,61-,62+/m0/s1. The van der Waals surface area contributed by atoms with Crippen molar-refractivity contribution in [2.24, 2.45) is 16.7 Å². The Morgan fingerprint density at radius 1 is 0.877 bits per heavy atom. The molecule has 19 heteroatoms. The van der Waals surface area contributed by atoms with E-state index in [1.165, 1.54) is 53.0 Å². The normalized spacial score (nSPS) is 27.5. The molecule has 5 rings (SSSR count). The third-order valence-electron chi connectivity index (χ3n) is 15.9. The maximum Gasteiger partial charge on any atom is 0.509 e. The van der Waals surface area contributed by atoms with E-state index >= 15 is 9.59 Å². The Labute approximate surface area is 477 Å². The number of alkyl carbamates (subject to hydrolysis) is 1. The molecule has 1 aliphatic heterocycles. The molecule has 0 spiro atoms. The fraction of sp³-hybridized carbons (Fsp3) is 0.629. The molecule has 19 nitrogen and oxygen atoms in total. The van der Waals surface area contributed by atoms with Crippen molar-refractivity contribution >= 4 is 41.9 Å². The summed E-state index contributed by atoms with van der Waals surface area (Å²) in [7, 11) is 2.36. The highest BCUT2D eigenvalue weighted by Gasteiger charge is 2.78. The minimum absolute atomic E-state index is 0.0834. The number of ketones is 1. The number of esters is 4. The van der Waals surface area contributed by atoms with E-state index in [0.29, 0.717) is 18.4 Å². The van der Waals surface area contributed by atoms with Crippen LogP contribution in [0.1, 0.15) is 164 Å². The molecule has 81 heavy (non-hydrogen) atoms. The number of fused-ring (bicyclic) bond motifs is 5. The largest absolute Gasteiger partial charge is 0.509 e. The number of aliphatic hydroxyl groups excluding tert-OH is 1. The number of aliphatic hydroxyl groups is 2. The number of hydrogen-bond acceptors (Lipinski definition) is 18. The zero-order valence-corrected chi connectivity index (χ0v) is 49.6. The maximum atomic E-state index is 15.9. The number of ether oxygens (including phenoxy) is 9. The van der Waals surface area contributed by atoms with Gasteiger partial charge in [0.25, 0.3) is 0 Å². The SMILES string of the molecule is CCC/C=C\C/C=C\C/C=C\CCCCCCC(=O)O[C@@H](C(=O)O[C@H]1C[C@@]2(O)[C@@H](OC(=O)c3ccccc3OC)C3[C@](C)(C(=O)[C@H](OC(=O)OC)C(=C1C)C2(C)C)[C@@H](O)C[C@H]1OC[C@@]31OC(C)=O)[C@H](C=C(C)C)NC(=O)OC(C)(C)C. The first-order valence-electron chi connectivity index (χ1n) is 28.2. The molecule has 1 saturated heterocycles. The minimum Gasteiger partial charge on any atom is -0.496 e. The van der Waals surface area contributed by atoms with Crippen molar-refractivity contribution in [1.29, 1.82) is 0 Å². The zero-order chi connectivity index (χ0) is 60.1. The van der Waals surface area contributed by atoms with E-state index < -0.39 is 125 Å². The van der Waals surface area contributed by atoms with Crippen molar-refractivity contribution in [3.8, 4) is 5.75 Å². The van der Waals surface area contributed by atoms with E-state index in [1.807, 2.05) is 0 Å². The Balaban J connectivity index is 1.58. The van der Waals surface area contributed by atoms with E-state index in [-0.39, 0.29) is 41.9 Å². The number of nitrogens with one attached hydrogen (secondary N) is 1. The van der Waals surface area contributed by atoms with Crippen molar-refractivity contribution in [2.45, 2.75) is 213 Å². The number of amides is 1. The van der Waals surface area contributed by atoms with Crippen LogP contribution >= 0.6 is 0 Å². The predicted octanol–water partition coefficient (Wildman–Crippen LogP) is 9.79. The smallest absolute Gasteiger partial charge is 0.496 e. The third-order valence-corrected chi connectivity index (χ3v) is 15.9. The van der Waals surface area contributed by atoms with Crippen LogP contribution in [0.25, 0.3) is 0 Å². The Morgan fingerprint density at radius 2 is 1.52 bits per heavy atom. The number of benzene rings is 1. The highest BCUT2D eigenvalue weighted by Crippen LogP contribution is 2.64. The van der Waals surface area contributed by atoms with Gasteiger partial charge in [-0.05, 0) is 110 Å². The third kappa shape index (κ3) is 15.2. The highest BCUT2D eigenvalue weighted by molar-refractivity contribution is 5.96. The van der Waals surface area contributed by atoms with Gasteiger partial charge in [-0.1, -0.05) is 100 Å². The zero-order valence-electron chi connectivity index (χ0n) is 49.6. The van der Waals surface area contributed by atoms with Crippen LogP contribution in [0.2, 0.25) is 0 Å². The first kappa shape index (κ1) is 65.5.